The Morgan fingerprint density at radius 1 is 1.73 bits per heavy atom. The average molecular weight is 222 g/mol. The quantitative estimate of drug-likeness (QED) is 0.772. The van der Waals surface area contributed by atoms with E-state index in [4.69, 9.17) is 0 Å². The SMILES string of the molecule is C=C(C)Nc1cc[c-]nc1.[Y]. The van der Waals surface area contributed by atoms with Crippen LogP contribution in [0.3, 0.4) is 0 Å². The van der Waals surface area contributed by atoms with Crippen LogP contribution in [0.1, 0.15) is 6.92 Å². The molecular formula is C8H9N2Y-. The Labute approximate surface area is 92.0 Å². The summed E-state index contributed by atoms with van der Waals surface area (Å²) in [6, 6.07) is 3.65. The summed E-state index contributed by atoms with van der Waals surface area (Å²) in [6.45, 7) is 5.60. The minimum atomic E-state index is 0. The van der Waals surface area contributed by atoms with Gasteiger partial charge in [0, 0.05) is 38.4 Å². The van der Waals surface area contributed by atoms with Gasteiger partial charge in [0.1, 0.15) is 0 Å². The van der Waals surface area contributed by atoms with Gasteiger partial charge in [-0.25, -0.2) is 0 Å². The number of nitrogens with zero attached hydrogens (tertiary/aromatic N) is 1. The molecule has 1 radical (unpaired) electrons. The molecule has 0 fully saturated rings. The van der Waals surface area contributed by atoms with Crippen molar-refractivity contribution < 1.29 is 32.7 Å². The van der Waals surface area contributed by atoms with Crippen LogP contribution in [-0.2, 0) is 32.7 Å². The number of anilines is 1. The number of hydrogen-bond acceptors (Lipinski definition) is 2. The molecule has 0 unspecified atom stereocenters. The van der Waals surface area contributed by atoms with E-state index in [1.807, 2.05) is 13.0 Å². The largest absolute Gasteiger partial charge is 0.392 e. The molecule has 55 valence electrons. The molecule has 1 N–H and O–H groups in total. The summed E-state index contributed by atoms with van der Waals surface area (Å²) in [5.41, 5.74) is 1.86. The second kappa shape index (κ2) is 5.45. The van der Waals surface area contributed by atoms with E-state index < -0.39 is 0 Å². The third kappa shape index (κ3) is 4.28. The van der Waals surface area contributed by atoms with Crippen LogP contribution in [0.25, 0.3) is 0 Å². The Morgan fingerprint density at radius 2 is 2.45 bits per heavy atom. The summed E-state index contributed by atoms with van der Waals surface area (Å²) < 4.78 is 0. The maximum absolute atomic E-state index is 3.81. The minimum absolute atomic E-state index is 0. The normalized spacial score (nSPS) is 8.09. The number of allylic oxidation sites excluding steroid dienone is 1. The molecule has 11 heavy (non-hydrogen) atoms. The molecule has 0 saturated carbocycles. The van der Waals surface area contributed by atoms with Crippen LogP contribution < -0.4 is 5.32 Å². The van der Waals surface area contributed by atoms with Gasteiger partial charge in [0.15, 0.2) is 0 Å². The molecular weight excluding hydrogens is 213 g/mol. The van der Waals surface area contributed by atoms with E-state index in [-0.39, 0.29) is 32.7 Å². The molecule has 0 aliphatic carbocycles. The molecule has 0 spiro atoms. The van der Waals surface area contributed by atoms with Crippen molar-refractivity contribution in [2.45, 2.75) is 6.92 Å². The maximum atomic E-state index is 3.81. The Morgan fingerprint density at radius 3 is 2.91 bits per heavy atom. The van der Waals surface area contributed by atoms with Crippen molar-refractivity contribution in [1.82, 2.24) is 4.98 Å². The van der Waals surface area contributed by atoms with Crippen molar-refractivity contribution >= 4 is 5.69 Å². The van der Waals surface area contributed by atoms with Crippen LogP contribution in [0.2, 0.25) is 0 Å². The fourth-order valence-electron chi connectivity index (χ4n) is 0.640. The van der Waals surface area contributed by atoms with Crippen LogP contribution in [0.4, 0.5) is 5.69 Å². The third-order valence-corrected chi connectivity index (χ3v) is 0.973. The Balaban J connectivity index is 0.000001000. The van der Waals surface area contributed by atoms with Crippen LogP contribution >= 0.6 is 0 Å². The second-order valence-electron chi connectivity index (χ2n) is 2.08. The smallest absolute Gasteiger partial charge is 0.00289 e. The maximum Gasteiger partial charge on any atom is 0.00289 e. The van der Waals surface area contributed by atoms with Crippen molar-refractivity contribution in [3.63, 3.8) is 0 Å². The van der Waals surface area contributed by atoms with Gasteiger partial charge in [-0.2, -0.15) is 6.07 Å². The van der Waals surface area contributed by atoms with Crippen molar-refractivity contribution in [2.24, 2.45) is 0 Å². The van der Waals surface area contributed by atoms with E-state index in [1.165, 1.54) is 0 Å². The number of aromatic nitrogens is 1. The van der Waals surface area contributed by atoms with Gasteiger partial charge >= 0.3 is 0 Å². The zero-order valence-electron chi connectivity index (χ0n) is 6.46. The fraction of sp³-hybridized carbons (Fsp3) is 0.125. The zero-order chi connectivity index (χ0) is 7.40. The molecule has 2 nitrogen and oxygen atoms in total. The van der Waals surface area contributed by atoms with Crippen molar-refractivity contribution in [3.8, 4) is 0 Å². The molecule has 1 aromatic heterocycles. The second-order valence-corrected chi connectivity index (χ2v) is 2.08. The Hall–Kier alpha value is -0.206. The predicted octanol–water partition coefficient (Wildman–Crippen LogP) is 1.82. The van der Waals surface area contributed by atoms with Gasteiger partial charge < -0.3 is 10.3 Å². The molecule has 0 aromatic carbocycles. The van der Waals surface area contributed by atoms with Gasteiger partial charge in [0.05, 0.1) is 0 Å². The summed E-state index contributed by atoms with van der Waals surface area (Å²) >= 11 is 0. The van der Waals surface area contributed by atoms with Gasteiger partial charge in [0.2, 0.25) is 0 Å². The molecule has 0 bridgehead atoms. The third-order valence-electron chi connectivity index (χ3n) is 0.973. The summed E-state index contributed by atoms with van der Waals surface area (Å²) in [5, 5.41) is 3.03. The van der Waals surface area contributed by atoms with Crippen LogP contribution in [0, 0.1) is 6.20 Å². The Bertz CT molecular complexity index is 221. The first-order chi connectivity index (χ1) is 4.79. The molecule has 0 saturated heterocycles. The molecule has 1 heterocycles. The molecule has 1 aromatic rings. The monoisotopic (exact) mass is 222 g/mol. The first kappa shape index (κ1) is 10.8. The van der Waals surface area contributed by atoms with Crippen LogP contribution in [0.15, 0.2) is 30.6 Å². The number of hydrogen-bond donors (Lipinski definition) is 1. The fourth-order valence-corrected chi connectivity index (χ4v) is 0.640. The molecule has 0 atom stereocenters. The molecule has 0 aliphatic rings. The van der Waals surface area contributed by atoms with E-state index in [1.54, 1.807) is 12.3 Å². The number of pyridine rings is 1. The summed E-state index contributed by atoms with van der Waals surface area (Å²) in [4.78, 5) is 3.81. The van der Waals surface area contributed by atoms with Crippen molar-refractivity contribution in [1.29, 1.82) is 0 Å². The number of rotatable bonds is 2. The predicted molar refractivity (Wildman–Crippen MR) is 41.5 cm³/mol. The van der Waals surface area contributed by atoms with Crippen LogP contribution in [0.5, 0.6) is 0 Å². The van der Waals surface area contributed by atoms with Crippen molar-refractivity contribution in [3.05, 3.63) is 36.8 Å². The zero-order valence-corrected chi connectivity index (χ0v) is 9.30. The van der Waals surface area contributed by atoms with E-state index >= 15 is 0 Å². The van der Waals surface area contributed by atoms with Gasteiger partial charge in [-0.1, -0.05) is 24.7 Å². The molecule has 0 aliphatic heterocycles. The first-order valence-electron chi connectivity index (χ1n) is 3.03. The van der Waals surface area contributed by atoms with Gasteiger partial charge in [-0.05, 0) is 6.92 Å². The summed E-state index contributed by atoms with van der Waals surface area (Å²) in [7, 11) is 0. The summed E-state index contributed by atoms with van der Waals surface area (Å²) in [6.07, 6.45) is 4.39. The molecule has 3 heteroatoms. The molecule has 1 rings (SSSR count). The first-order valence-corrected chi connectivity index (χ1v) is 3.03. The van der Waals surface area contributed by atoms with E-state index in [9.17, 15) is 0 Å². The molecule has 0 amide bonds. The van der Waals surface area contributed by atoms with Crippen LogP contribution in [-0.4, -0.2) is 4.98 Å². The van der Waals surface area contributed by atoms with E-state index in [0.29, 0.717) is 0 Å². The topological polar surface area (TPSA) is 24.9 Å². The van der Waals surface area contributed by atoms with E-state index in [0.717, 1.165) is 11.4 Å². The standard InChI is InChI=1S/C8H9N2.Y/c1-7(2)10-8-4-3-5-9-6-8;/h3-4,6,10H,1H2,2H3;/q-1;. The average Bonchev–Trinajstić information content (AvgIpc) is 1.88. The van der Waals surface area contributed by atoms with Crippen molar-refractivity contribution in [2.75, 3.05) is 5.32 Å². The number of nitrogens with one attached hydrogen (secondary N) is 1. The minimum Gasteiger partial charge on any atom is -0.392 e. The summed E-state index contributed by atoms with van der Waals surface area (Å²) in [5.74, 6) is 0. The van der Waals surface area contributed by atoms with Gasteiger partial charge in [-0.15, -0.1) is 6.07 Å². The van der Waals surface area contributed by atoms with E-state index in [2.05, 4.69) is 23.1 Å². The Kier molecular flexibility index (Phi) is 5.34. The van der Waals surface area contributed by atoms with Gasteiger partial charge in [0.25, 0.3) is 0 Å². The van der Waals surface area contributed by atoms with Gasteiger partial charge in [-0.3, -0.25) is 0 Å².